The minimum absolute atomic E-state index is 0.224. The zero-order chi connectivity index (χ0) is 15.0. The van der Waals surface area contributed by atoms with Crippen LogP contribution in [0.1, 0.15) is 17.1 Å². The van der Waals surface area contributed by atoms with Crippen molar-refractivity contribution in [2.45, 2.75) is 25.2 Å². The molecule has 10 heteroatoms. The number of H-pyrrole nitrogens is 1. The normalized spacial score (nSPS) is 12.3. The van der Waals surface area contributed by atoms with Crippen molar-refractivity contribution >= 4 is 26.3 Å². The number of sulfonamides is 1. The molecule has 3 aromatic heterocycles. The van der Waals surface area contributed by atoms with Crippen LogP contribution in [0.4, 0.5) is 0 Å². The van der Waals surface area contributed by atoms with Gasteiger partial charge in [-0.15, -0.1) is 21.5 Å². The third-order valence-corrected chi connectivity index (χ3v) is 5.73. The Hall–Kier alpha value is -1.78. The second-order valence-electron chi connectivity index (χ2n) is 4.62. The smallest absolute Gasteiger partial charge is 0.244 e. The summed E-state index contributed by atoms with van der Waals surface area (Å²) in [4.78, 5) is 1.02. The number of thiazole rings is 1. The van der Waals surface area contributed by atoms with E-state index in [4.69, 9.17) is 0 Å². The average Bonchev–Trinajstić information content (AvgIpc) is 3.07. The van der Waals surface area contributed by atoms with Crippen molar-refractivity contribution in [3.8, 4) is 0 Å². The molecule has 3 heterocycles. The first-order valence-electron chi connectivity index (χ1n) is 6.26. The Kier molecular flexibility index (Phi) is 3.51. The lowest BCUT2D eigenvalue weighted by molar-refractivity contribution is 0.580. The summed E-state index contributed by atoms with van der Waals surface area (Å²) in [6.07, 6.45) is 2.19. The van der Waals surface area contributed by atoms with Gasteiger partial charge in [0.05, 0.1) is 11.4 Å². The summed E-state index contributed by atoms with van der Waals surface area (Å²) in [5.74, 6) is 0. The number of nitrogens with one attached hydrogen (secondary N) is 2. The SMILES string of the molecule is Cc1n[nH]c(C)c1S(=O)(=O)NCCc1csc2nncn12. The first kappa shape index (κ1) is 14.2. The molecule has 0 bridgehead atoms. The molecule has 0 aliphatic heterocycles. The van der Waals surface area contributed by atoms with Gasteiger partial charge in [0.2, 0.25) is 15.0 Å². The second kappa shape index (κ2) is 5.20. The van der Waals surface area contributed by atoms with Gasteiger partial charge in [-0.3, -0.25) is 9.50 Å². The van der Waals surface area contributed by atoms with E-state index in [1.165, 1.54) is 11.3 Å². The van der Waals surface area contributed by atoms with Gasteiger partial charge in [0.15, 0.2) is 0 Å². The van der Waals surface area contributed by atoms with Crippen molar-refractivity contribution in [1.82, 2.24) is 29.5 Å². The molecular formula is C11H14N6O2S2. The third kappa shape index (κ3) is 2.57. The van der Waals surface area contributed by atoms with Crippen LogP contribution >= 0.6 is 11.3 Å². The number of rotatable bonds is 5. The van der Waals surface area contributed by atoms with Gasteiger partial charge in [0, 0.05) is 24.0 Å². The van der Waals surface area contributed by atoms with E-state index >= 15 is 0 Å². The molecule has 0 saturated heterocycles. The predicted molar refractivity (Wildman–Crippen MR) is 77.8 cm³/mol. The first-order chi connectivity index (χ1) is 9.99. The maximum Gasteiger partial charge on any atom is 0.244 e. The second-order valence-corrected chi connectivity index (χ2v) is 7.16. The molecule has 0 spiro atoms. The molecule has 21 heavy (non-hydrogen) atoms. The maximum atomic E-state index is 12.3. The van der Waals surface area contributed by atoms with Crippen LogP contribution in [0.3, 0.4) is 0 Å². The lowest BCUT2D eigenvalue weighted by Crippen LogP contribution is -2.27. The largest absolute Gasteiger partial charge is 0.281 e. The lowest BCUT2D eigenvalue weighted by atomic mass is 10.3. The van der Waals surface area contributed by atoms with E-state index in [2.05, 4.69) is 25.1 Å². The summed E-state index contributed by atoms with van der Waals surface area (Å²) in [6, 6.07) is 0. The predicted octanol–water partition coefficient (Wildman–Crippen LogP) is 0.652. The minimum Gasteiger partial charge on any atom is -0.281 e. The van der Waals surface area contributed by atoms with E-state index in [-0.39, 0.29) is 4.90 Å². The van der Waals surface area contributed by atoms with Crippen LogP contribution < -0.4 is 4.72 Å². The standard InChI is InChI=1S/C11H14N6O2S2/c1-7-10(8(2)15-14-7)21(18,19)13-4-3-9-5-20-11-16-12-6-17(9)11/h5-6,13H,3-4H2,1-2H3,(H,14,15). The summed E-state index contributed by atoms with van der Waals surface area (Å²) >= 11 is 1.48. The zero-order valence-electron chi connectivity index (χ0n) is 11.5. The molecular weight excluding hydrogens is 312 g/mol. The number of aryl methyl sites for hydroxylation is 2. The Balaban J connectivity index is 1.72. The van der Waals surface area contributed by atoms with Gasteiger partial charge < -0.3 is 0 Å². The van der Waals surface area contributed by atoms with Crippen LogP contribution in [0.15, 0.2) is 16.6 Å². The number of aromatic nitrogens is 5. The van der Waals surface area contributed by atoms with Gasteiger partial charge in [-0.1, -0.05) is 0 Å². The molecule has 0 fully saturated rings. The first-order valence-corrected chi connectivity index (χ1v) is 8.62. The Morgan fingerprint density at radius 3 is 2.95 bits per heavy atom. The van der Waals surface area contributed by atoms with E-state index in [0.717, 1.165) is 10.7 Å². The van der Waals surface area contributed by atoms with Crippen LogP contribution in [-0.4, -0.2) is 39.8 Å². The van der Waals surface area contributed by atoms with Crippen molar-refractivity contribution in [2.24, 2.45) is 0 Å². The van der Waals surface area contributed by atoms with Gasteiger partial charge >= 0.3 is 0 Å². The molecule has 2 N–H and O–H groups in total. The zero-order valence-corrected chi connectivity index (χ0v) is 13.1. The van der Waals surface area contributed by atoms with Gasteiger partial charge in [0.1, 0.15) is 11.2 Å². The summed E-state index contributed by atoms with van der Waals surface area (Å²) in [7, 11) is -3.55. The Labute approximate surface area is 125 Å². The highest BCUT2D eigenvalue weighted by molar-refractivity contribution is 7.89. The van der Waals surface area contributed by atoms with Crippen molar-refractivity contribution in [3.05, 3.63) is 28.8 Å². The molecule has 0 aromatic carbocycles. The Morgan fingerprint density at radius 1 is 1.43 bits per heavy atom. The monoisotopic (exact) mass is 326 g/mol. The molecule has 8 nitrogen and oxygen atoms in total. The fraction of sp³-hybridized carbons (Fsp3) is 0.364. The minimum atomic E-state index is -3.55. The topological polar surface area (TPSA) is 105 Å². The summed E-state index contributed by atoms with van der Waals surface area (Å²) in [5, 5.41) is 16.3. The van der Waals surface area contributed by atoms with E-state index in [0.29, 0.717) is 24.4 Å². The number of hydrogen-bond acceptors (Lipinski definition) is 6. The lowest BCUT2D eigenvalue weighted by Gasteiger charge is -2.06. The highest BCUT2D eigenvalue weighted by atomic mass is 32.2. The molecule has 3 rings (SSSR count). The quantitative estimate of drug-likeness (QED) is 0.716. The maximum absolute atomic E-state index is 12.3. The Morgan fingerprint density at radius 2 is 2.24 bits per heavy atom. The molecule has 0 aliphatic rings. The molecule has 3 aromatic rings. The summed E-state index contributed by atoms with van der Waals surface area (Å²) in [6.45, 7) is 3.65. The highest BCUT2D eigenvalue weighted by Crippen LogP contribution is 2.17. The van der Waals surface area contributed by atoms with Crippen LogP contribution in [0.2, 0.25) is 0 Å². The van der Waals surface area contributed by atoms with Crippen molar-refractivity contribution in [2.75, 3.05) is 6.54 Å². The van der Waals surface area contributed by atoms with Crippen LogP contribution in [-0.2, 0) is 16.4 Å². The van der Waals surface area contributed by atoms with E-state index < -0.39 is 10.0 Å². The molecule has 0 aliphatic carbocycles. The molecule has 0 atom stereocenters. The van der Waals surface area contributed by atoms with Gasteiger partial charge in [-0.2, -0.15) is 5.10 Å². The van der Waals surface area contributed by atoms with Gasteiger partial charge in [-0.25, -0.2) is 13.1 Å². The van der Waals surface area contributed by atoms with E-state index in [9.17, 15) is 8.42 Å². The molecule has 0 amide bonds. The third-order valence-electron chi connectivity index (χ3n) is 3.13. The van der Waals surface area contributed by atoms with E-state index in [1.54, 1.807) is 20.2 Å². The molecule has 0 saturated carbocycles. The fourth-order valence-corrected chi connectivity index (χ4v) is 4.42. The van der Waals surface area contributed by atoms with Crippen LogP contribution in [0.25, 0.3) is 4.96 Å². The van der Waals surface area contributed by atoms with E-state index in [1.807, 2.05) is 9.78 Å². The van der Waals surface area contributed by atoms with Crippen molar-refractivity contribution in [3.63, 3.8) is 0 Å². The van der Waals surface area contributed by atoms with Crippen molar-refractivity contribution in [1.29, 1.82) is 0 Å². The summed E-state index contributed by atoms with van der Waals surface area (Å²) in [5.41, 5.74) is 1.98. The molecule has 0 unspecified atom stereocenters. The number of hydrogen-bond donors (Lipinski definition) is 2. The number of aromatic amines is 1. The van der Waals surface area contributed by atoms with Crippen LogP contribution in [0, 0.1) is 13.8 Å². The average molecular weight is 326 g/mol. The highest BCUT2D eigenvalue weighted by Gasteiger charge is 2.21. The molecule has 112 valence electrons. The van der Waals surface area contributed by atoms with Crippen LogP contribution in [0.5, 0.6) is 0 Å². The number of nitrogens with zero attached hydrogens (tertiary/aromatic N) is 4. The fourth-order valence-electron chi connectivity index (χ4n) is 2.18. The van der Waals surface area contributed by atoms with Gasteiger partial charge in [-0.05, 0) is 13.8 Å². The van der Waals surface area contributed by atoms with Gasteiger partial charge in [0.25, 0.3) is 0 Å². The summed E-state index contributed by atoms with van der Waals surface area (Å²) < 4.78 is 29.0. The number of fused-ring (bicyclic) bond motifs is 1. The van der Waals surface area contributed by atoms with Crippen molar-refractivity contribution < 1.29 is 8.42 Å². The Bertz CT molecular complexity index is 856. The molecule has 0 radical (unpaired) electrons.